The van der Waals surface area contributed by atoms with E-state index in [4.69, 9.17) is 5.41 Å². The van der Waals surface area contributed by atoms with Crippen LogP contribution in [0.25, 0.3) is 11.0 Å². The molecule has 1 heterocycles. The van der Waals surface area contributed by atoms with Crippen molar-refractivity contribution in [1.82, 2.24) is 14.5 Å². The second kappa shape index (κ2) is 10.4. The zero-order valence-corrected chi connectivity index (χ0v) is 22.5. The highest BCUT2D eigenvalue weighted by molar-refractivity contribution is 5.97. The molecular weight excluding hydrogens is 436 g/mol. The monoisotopic (exact) mass is 478 g/mol. The zero-order valence-electron chi connectivity index (χ0n) is 22.5. The highest BCUT2D eigenvalue weighted by Gasteiger charge is 2.28. The SMILES string of the molecule is CCNCCCCn1c(=N)n(CC(=O)c2cc(C(C)(C)C)c(O)c(C(C)(C)C)c2)c2ccccc21. The minimum atomic E-state index is -0.309. The molecule has 35 heavy (non-hydrogen) atoms. The van der Waals surface area contributed by atoms with Gasteiger partial charge < -0.3 is 19.6 Å². The fourth-order valence-corrected chi connectivity index (χ4v) is 4.55. The highest BCUT2D eigenvalue weighted by atomic mass is 16.3. The van der Waals surface area contributed by atoms with Gasteiger partial charge >= 0.3 is 0 Å². The Morgan fingerprint density at radius 2 is 1.49 bits per heavy atom. The summed E-state index contributed by atoms with van der Waals surface area (Å²) in [5.74, 6) is 0.207. The number of aryl methyl sites for hydroxylation is 1. The van der Waals surface area contributed by atoms with Crippen molar-refractivity contribution >= 4 is 16.8 Å². The van der Waals surface area contributed by atoms with Gasteiger partial charge in [-0.15, -0.1) is 0 Å². The van der Waals surface area contributed by atoms with Gasteiger partial charge in [-0.3, -0.25) is 10.2 Å². The molecule has 0 aliphatic carbocycles. The van der Waals surface area contributed by atoms with Crippen LogP contribution in [0.3, 0.4) is 0 Å². The number of Topliss-reactive ketones (excluding diaryl/α,β-unsaturated/α-hetero) is 1. The summed E-state index contributed by atoms with van der Waals surface area (Å²) in [5.41, 5.74) is 3.71. The molecule has 1 aromatic heterocycles. The van der Waals surface area contributed by atoms with Gasteiger partial charge in [0.15, 0.2) is 5.78 Å². The molecule has 3 aromatic rings. The first-order chi connectivity index (χ1) is 16.4. The second-order valence-corrected chi connectivity index (χ2v) is 11.5. The van der Waals surface area contributed by atoms with Crippen LogP contribution in [0, 0.1) is 5.41 Å². The lowest BCUT2D eigenvalue weighted by molar-refractivity contribution is 0.0971. The number of unbranched alkanes of at least 4 members (excludes halogenated alkanes) is 1. The number of phenolic OH excluding ortho intramolecular Hbond substituents is 1. The first-order valence-electron chi connectivity index (χ1n) is 12.7. The lowest BCUT2D eigenvalue weighted by Crippen LogP contribution is -2.28. The predicted octanol–water partition coefficient (Wildman–Crippen LogP) is 5.50. The predicted molar refractivity (Wildman–Crippen MR) is 143 cm³/mol. The largest absolute Gasteiger partial charge is 0.507 e. The third-order valence-electron chi connectivity index (χ3n) is 6.56. The summed E-state index contributed by atoms with van der Waals surface area (Å²) in [6.45, 7) is 17.1. The Labute approximate surface area is 209 Å². The van der Waals surface area contributed by atoms with E-state index in [0.717, 1.165) is 54.6 Å². The van der Waals surface area contributed by atoms with Crippen LogP contribution in [-0.2, 0) is 23.9 Å². The molecule has 0 radical (unpaired) electrons. The number of imidazole rings is 1. The molecule has 3 N–H and O–H groups in total. The number of carbonyl (C=O) groups excluding carboxylic acids is 1. The number of aromatic nitrogens is 2. The first kappa shape index (κ1) is 26.7. The van der Waals surface area contributed by atoms with Crippen molar-refractivity contribution in [3.63, 3.8) is 0 Å². The molecule has 6 heteroatoms. The molecule has 0 saturated heterocycles. The number of ketones is 1. The average molecular weight is 479 g/mol. The van der Waals surface area contributed by atoms with E-state index in [1.54, 1.807) is 0 Å². The summed E-state index contributed by atoms with van der Waals surface area (Å²) < 4.78 is 3.81. The van der Waals surface area contributed by atoms with Crippen molar-refractivity contribution < 1.29 is 9.90 Å². The molecule has 0 bridgehead atoms. The first-order valence-corrected chi connectivity index (χ1v) is 12.7. The number of hydrogen-bond donors (Lipinski definition) is 3. The van der Waals surface area contributed by atoms with Crippen LogP contribution in [0.1, 0.15) is 82.8 Å². The summed E-state index contributed by atoms with van der Waals surface area (Å²) in [4.78, 5) is 13.6. The Hall–Kier alpha value is -2.86. The van der Waals surface area contributed by atoms with Crippen LogP contribution in [0.4, 0.5) is 0 Å². The van der Waals surface area contributed by atoms with E-state index in [2.05, 4.69) is 12.2 Å². The molecule has 2 aromatic carbocycles. The summed E-state index contributed by atoms with van der Waals surface area (Å²) >= 11 is 0. The topological polar surface area (TPSA) is 83.0 Å². The number of carbonyl (C=O) groups is 1. The van der Waals surface area contributed by atoms with E-state index >= 15 is 0 Å². The molecule has 3 rings (SSSR count). The van der Waals surface area contributed by atoms with Gasteiger partial charge in [0.2, 0.25) is 5.62 Å². The van der Waals surface area contributed by atoms with E-state index in [1.165, 1.54) is 0 Å². The van der Waals surface area contributed by atoms with Crippen LogP contribution in [0.2, 0.25) is 0 Å². The van der Waals surface area contributed by atoms with E-state index in [1.807, 2.05) is 87.1 Å². The number of phenols is 1. The zero-order chi connectivity index (χ0) is 26.0. The minimum absolute atomic E-state index is 0.0606. The fraction of sp³-hybridized carbons (Fsp3) is 0.517. The molecule has 0 saturated carbocycles. The van der Waals surface area contributed by atoms with Crippen LogP contribution in [0.15, 0.2) is 36.4 Å². The molecule has 0 aliphatic rings. The third-order valence-corrected chi connectivity index (χ3v) is 6.56. The van der Waals surface area contributed by atoms with Crippen LogP contribution < -0.4 is 10.9 Å². The fourth-order valence-electron chi connectivity index (χ4n) is 4.55. The van der Waals surface area contributed by atoms with Gasteiger partial charge in [0, 0.05) is 23.2 Å². The van der Waals surface area contributed by atoms with Gasteiger partial charge in [0.25, 0.3) is 0 Å². The van der Waals surface area contributed by atoms with Crippen molar-refractivity contribution in [2.75, 3.05) is 13.1 Å². The Morgan fingerprint density at radius 1 is 0.943 bits per heavy atom. The van der Waals surface area contributed by atoms with Gasteiger partial charge in [-0.2, -0.15) is 0 Å². The summed E-state index contributed by atoms with van der Waals surface area (Å²) in [6.07, 6.45) is 2.00. The maximum atomic E-state index is 13.6. The van der Waals surface area contributed by atoms with Crippen molar-refractivity contribution in [1.29, 1.82) is 5.41 Å². The molecule has 0 unspecified atom stereocenters. The van der Waals surface area contributed by atoms with Crippen molar-refractivity contribution in [3.05, 3.63) is 58.7 Å². The quantitative estimate of drug-likeness (QED) is 0.281. The number of aromatic hydroxyl groups is 1. The number of hydrogen-bond acceptors (Lipinski definition) is 4. The Kier molecular flexibility index (Phi) is 7.95. The summed E-state index contributed by atoms with van der Waals surface area (Å²) in [7, 11) is 0. The van der Waals surface area contributed by atoms with E-state index in [9.17, 15) is 9.90 Å². The molecule has 190 valence electrons. The Bertz CT molecular complexity index is 1220. The van der Waals surface area contributed by atoms with E-state index in [0.29, 0.717) is 11.2 Å². The molecule has 0 aliphatic heterocycles. The van der Waals surface area contributed by atoms with Gasteiger partial charge in [0.05, 0.1) is 17.6 Å². The van der Waals surface area contributed by atoms with Crippen LogP contribution >= 0.6 is 0 Å². The maximum absolute atomic E-state index is 13.6. The number of rotatable bonds is 9. The summed E-state index contributed by atoms with van der Waals surface area (Å²) in [6, 6.07) is 11.6. The smallest absolute Gasteiger partial charge is 0.203 e. The maximum Gasteiger partial charge on any atom is 0.203 e. The number of nitrogens with one attached hydrogen (secondary N) is 2. The molecular formula is C29H42N4O2. The lowest BCUT2D eigenvalue weighted by Gasteiger charge is -2.28. The van der Waals surface area contributed by atoms with Crippen molar-refractivity contribution in [2.24, 2.45) is 0 Å². The third kappa shape index (κ3) is 5.87. The Morgan fingerprint density at radius 3 is 2.00 bits per heavy atom. The number of nitrogens with zero attached hydrogens (tertiary/aromatic N) is 2. The summed E-state index contributed by atoms with van der Waals surface area (Å²) in [5, 5.41) is 23.3. The van der Waals surface area contributed by atoms with E-state index < -0.39 is 0 Å². The standard InChI is InChI=1S/C29H42N4O2/c1-8-31-15-11-12-16-32-23-13-9-10-14-24(23)33(27(32)30)19-25(34)20-17-21(28(2,3)4)26(35)22(18-20)29(5,6)7/h9-10,13-14,17-18,30-31,35H,8,11-12,15-16,19H2,1-7H3. The van der Waals surface area contributed by atoms with E-state index in [-0.39, 0.29) is 28.9 Å². The molecule has 0 fully saturated rings. The van der Waals surface area contributed by atoms with Crippen LogP contribution in [-0.4, -0.2) is 33.1 Å². The number of fused-ring (bicyclic) bond motifs is 1. The molecule has 0 atom stereocenters. The molecule has 6 nitrogen and oxygen atoms in total. The van der Waals surface area contributed by atoms with Crippen molar-refractivity contribution in [2.45, 2.75) is 85.2 Å². The van der Waals surface area contributed by atoms with Crippen LogP contribution in [0.5, 0.6) is 5.75 Å². The van der Waals surface area contributed by atoms with Gasteiger partial charge in [-0.1, -0.05) is 60.6 Å². The normalized spacial score (nSPS) is 12.4. The lowest BCUT2D eigenvalue weighted by atomic mass is 9.78. The minimum Gasteiger partial charge on any atom is -0.507 e. The number of benzene rings is 2. The average Bonchev–Trinajstić information content (AvgIpc) is 3.03. The Balaban J connectivity index is 2.00. The molecule has 0 amide bonds. The van der Waals surface area contributed by atoms with Gasteiger partial charge in [-0.05, 0) is 61.0 Å². The molecule has 0 spiro atoms. The van der Waals surface area contributed by atoms with Crippen molar-refractivity contribution in [3.8, 4) is 5.75 Å². The van der Waals surface area contributed by atoms with Gasteiger partial charge in [0.1, 0.15) is 5.75 Å². The number of para-hydroxylation sites is 2. The van der Waals surface area contributed by atoms with Gasteiger partial charge in [-0.25, -0.2) is 0 Å². The second-order valence-electron chi connectivity index (χ2n) is 11.5. The highest BCUT2D eigenvalue weighted by Crippen LogP contribution is 2.40.